The van der Waals surface area contributed by atoms with Crippen LogP contribution in [0.15, 0.2) is 60.9 Å². The fourth-order valence-corrected chi connectivity index (χ4v) is 2.38. The van der Waals surface area contributed by atoms with Crippen molar-refractivity contribution < 1.29 is 9.18 Å². The van der Waals surface area contributed by atoms with E-state index >= 15 is 0 Å². The second-order valence-electron chi connectivity index (χ2n) is 5.29. The predicted molar refractivity (Wildman–Crippen MR) is 89.0 cm³/mol. The lowest BCUT2D eigenvalue weighted by molar-refractivity contribution is 0.0950. The Bertz CT molecular complexity index is 859. The Kier molecular flexibility index (Phi) is 4.67. The molecule has 0 saturated carbocycles. The van der Waals surface area contributed by atoms with Gasteiger partial charge in [0, 0.05) is 30.4 Å². The number of nitrogens with two attached hydrogens (primary N) is 1. The quantitative estimate of drug-likeness (QED) is 0.757. The highest BCUT2D eigenvalue weighted by atomic mass is 19.1. The van der Waals surface area contributed by atoms with Crippen LogP contribution in [0.4, 0.5) is 4.39 Å². The van der Waals surface area contributed by atoms with Gasteiger partial charge in [-0.3, -0.25) is 4.79 Å². The molecule has 3 aromatic rings. The molecule has 0 unspecified atom stereocenters. The number of hydrogen-bond donors (Lipinski definition) is 2. The molecule has 0 saturated heterocycles. The lowest BCUT2D eigenvalue weighted by atomic mass is 10.1. The Balaban J connectivity index is 1.81. The van der Waals surface area contributed by atoms with E-state index in [1.165, 1.54) is 6.07 Å². The van der Waals surface area contributed by atoms with Crippen molar-refractivity contribution in [2.75, 3.05) is 0 Å². The van der Waals surface area contributed by atoms with Crippen LogP contribution < -0.4 is 11.1 Å². The van der Waals surface area contributed by atoms with Gasteiger partial charge in [-0.25, -0.2) is 9.07 Å². The van der Waals surface area contributed by atoms with E-state index in [2.05, 4.69) is 10.4 Å². The molecular weight excluding hydrogens is 307 g/mol. The molecule has 6 heteroatoms. The minimum absolute atomic E-state index is 0.118. The predicted octanol–water partition coefficient (Wildman–Crippen LogP) is 2.40. The molecule has 0 spiro atoms. The van der Waals surface area contributed by atoms with Crippen molar-refractivity contribution in [3.05, 3.63) is 83.4 Å². The summed E-state index contributed by atoms with van der Waals surface area (Å²) in [5.41, 5.74) is 8.01. The van der Waals surface area contributed by atoms with Gasteiger partial charge in [-0.1, -0.05) is 30.3 Å². The first-order valence-electron chi connectivity index (χ1n) is 7.53. The number of halogens is 1. The fraction of sp³-hybridized carbons (Fsp3) is 0.111. The van der Waals surface area contributed by atoms with Gasteiger partial charge in [0.2, 0.25) is 0 Å². The zero-order valence-electron chi connectivity index (χ0n) is 12.9. The number of benzene rings is 2. The van der Waals surface area contributed by atoms with Gasteiger partial charge in [-0.2, -0.15) is 5.10 Å². The average Bonchev–Trinajstić information content (AvgIpc) is 3.10. The van der Waals surface area contributed by atoms with Crippen LogP contribution in [-0.4, -0.2) is 15.7 Å². The zero-order chi connectivity index (χ0) is 16.9. The summed E-state index contributed by atoms with van der Waals surface area (Å²) in [6.07, 6.45) is 3.44. The SMILES string of the molecule is NCc1cnn(-c2ccccc2C(=O)NCc2ccccc2F)c1. The highest BCUT2D eigenvalue weighted by molar-refractivity contribution is 5.97. The van der Waals surface area contributed by atoms with E-state index in [0.717, 1.165) is 5.56 Å². The average molecular weight is 324 g/mol. The maximum absolute atomic E-state index is 13.7. The molecule has 1 amide bonds. The maximum Gasteiger partial charge on any atom is 0.253 e. The topological polar surface area (TPSA) is 72.9 Å². The van der Waals surface area contributed by atoms with Crippen molar-refractivity contribution >= 4 is 5.91 Å². The lowest BCUT2D eigenvalue weighted by Gasteiger charge is -2.10. The smallest absolute Gasteiger partial charge is 0.253 e. The van der Waals surface area contributed by atoms with Gasteiger partial charge in [-0.05, 0) is 18.2 Å². The molecule has 0 radical (unpaired) electrons. The Morgan fingerprint density at radius 3 is 2.67 bits per heavy atom. The molecule has 0 aliphatic carbocycles. The van der Waals surface area contributed by atoms with Gasteiger partial charge >= 0.3 is 0 Å². The first-order chi connectivity index (χ1) is 11.7. The zero-order valence-corrected chi connectivity index (χ0v) is 12.9. The molecule has 24 heavy (non-hydrogen) atoms. The summed E-state index contributed by atoms with van der Waals surface area (Å²) in [5.74, 6) is -0.635. The molecule has 3 N–H and O–H groups in total. The number of carbonyl (C=O) groups is 1. The van der Waals surface area contributed by atoms with Crippen molar-refractivity contribution in [3.8, 4) is 5.69 Å². The molecule has 1 aromatic heterocycles. The minimum Gasteiger partial charge on any atom is -0.348 e. The van der Waals surface area contributed by atoms with Crippen molar-refractivity contribution in [1.82, 2.24) is 15.1 Å². The van der Waals surface area contributed by atoms with Crippen LogP contribution in [-0.2, 0) is 13.1 Å². The summed E-state index contributed by atoms with van der Waals surface area (Å²) in [4.78, 5) is 12.5. The Labute approximate surface area is 138 Å². The van der Waals surface area contributed by atoms with Crippen LogP contribution in [0.1, 0.15) is 21.5 Å². The van der Waals surface area contributed by atoms with Crippen LogP contribution in [0.2, 0.25) is 0 Å². The van der Waals surface area contributed by atoms with Gasteiger partial charge in [0.15, 0.2) is 0 Å². The van der Waals surface area contributed by atoms with Crippen LogP contribution >= 0.6 is 0 Å². The number of para-hydroxylation sites is 1. The number of nitrogens with zero attached hydrogens (tertiary/aromatic N) is 2. The summed E-state index contributed by atoms with van der Waals surface area (Å²) in [6.45, 7) is 0.495. The monoisotopic (exact) mass is 324 g/mol. The van der Waals surface area contributed by atoms with Crippen molar-refractivity contribution in [2.24, 2.45) is 5.73 Å². The first-order valence-corrected chi connectivity index (χ1v) is 7.53. The molecule has 122 valence electrons. The van der Waals surface area contributed by atoms with E-state index in [1.54, 1.807) is 53.5 Å². The van der Waals surface area contributed by atoms with E-state index in [-0.39, 0.29) is 18.3 Å². The molecule has 0 atom stereocenters. The number of hydrogen-bond acceptors (Lipinski definition) is 3. The molecular formula is C18H17FN4O. The van der Waals surface area contributed by atoms with Gasteiger partial charge < -0.3 is 11.1 Å². The third-order valence-electron chi connectivity index (χ3n) is 3.66. The number of amides is 1. The molecule has 0 aliphatic heterocycles. The summed E-state index contributed by atoms with van der Waals surface area (Å²) >= 11 is 0. The van der Waals surface area contributed by atoms with Crippen LogP contribution in [0.3, 0.4) is 0 Å². The molecule has 0 aliphatic rings. The Morgan fingerprint density at radius 1 is 1.17 bits per heavy atom. The number of carbonyl (C=O) groups excluding carboxylic acids is 1. The third kappa shape index (κ3) is 3.33. The second-order valence-corrected chi connectivity index (χ2v) is 5.29. The Morgan fingerprint density at radius 2 is 1.92 bits per heavy atom. The molecule has 0 bridgehead atoms. The molecule has 2 aromatic carbocycles. The van der Waals surface area contributed by atoms with Crippen LogP contribution in [0, 0.1) is 5.82 Å². The van der Waals surface area contributed by atoms with E-state index in [4.69, 9.17) is 5.73 Å². The fourth-order valence-electron chi connectivity index (χ4n) is 2.38. The highest BCUT2D eigenvalue weighted by Crippen LogP contribution is 2.15. The van der Waals surface area contributed by atoms with Crippen molar-refractivity contribution in [2.45, 2.75) is 13.1 Å². The van der Waals surface area contributed by atoms with Crippen molar-refractivity contribution in [3.63, 3.8) is 0 Å². The largest absolute Gasteiger partial charge is 0.348 e. The van der Waals surface area contributed by atoms with Gasteiger partial charge in [0.05, 0.1) is 17.4 Å². The standard InChI is InChI=1S/C18H17FN4O/c19-16-7-3-1-5-14(16)11-21-18(24)15-6-2-4-8-17(15)23-12-13(9-20)10-22-23/h1-8,10,12H,9,11,20H2,(H,21,24). The molecule has 3 rings (SSSR count). The van der Waals surface area contributed by atoms with E-state index < -0.39 is 0 Å². The molecule has 0 fully saturated rings. The summed E-state index contributed by atoms with van der Waals surface area (Å²) < 4.78 is 15.3. The summed E-state index contributed by atoms with van der Waals surface area (Å²) in [7, 11) is 0. The summed E-state index contributed by atoms with van der Waals surface area (Å²) in [6, 6.07) is 13.5. The normalized spacial score (nSPS) is 10.6. The number of aromatic nitrogens is 2. The number of rotatable bonds is 5. The van der Waals surface area contributed by atoms with Crippen LogP contribution in [0.25, 0.3) is 5.69 Å². The second kappa shape index (κ2) is 7.06. The summed E-state index contributed by atoms with van der Waals surface area (Å²) in [5, 5.41) is 6.97. The maximum atomic E-state index is 13.7. The van der Waals surface area contributed by atoms with E-state index in [9.17, 15) is 9.18 Å². The number of nitrogens with one attached hydrogen (secondary N) is 1. The van der Waals surface area contributed by atoms with Gasteiger partial charge in [0.25, 0.3) is 5.91 Å². The van der Waals surface area contributed by atoms with E-state index in [0.29, 0.717) is 23.4 Å². The van der Waals surface area contributed by atoms with Gasteiger partial charge in [0.1, 0.15) is 5.82 Å². The minimum atomic E-state index is -0.342. The molecule has 5 nitrogen and oxygen atoms in total. The Hall–Kier alpha value is -2.99. The highest BCUT2D eigenvalue weighted by Gasteiger charge is 2.13. The van der Waals surface area contributed by atoms with E-state index in [1.807, 2.05) is 6.07 Å². The molecule has 1 heterocycles. The lowest BCUT2D eigenvalue weighted by Crippen LogP contribution is -2.24. The first kappa shape index (κ1) is 15.9. The van der Waals surface area contributed by atoms with Crippen LogP contribution in [0.5, 0.6) is 0 Å². The third-order valence-corrected chi connectivity index (χ3v) is 3.66. The van der Waals surface area contributed by atoms with Crippen molar-refractivity contribution in [1.29, 1.82) is 0 Å². The van der Waals surface area contributed by atoms with Gasteiger partial charge in [-0.15, -0.1) is 0 Å².